The first-order valence-electron chi connectivity index (χ1n) is 6.86. The Bertz CT molecular complexity index is 328. The van der Waals surface area contributed by atoms with E-state index in [4.69, 9.17) is 0 Å². The summed E-state index contributed by atoms with van der Waals surface area (Å²) in [4.78, 5) is 16.5. The zero-order chi connectivity index (χ0) is 13.1. The lowest BCUT2D eigenvalue weighted by molar-refractivity contribution is -0.137. The van der Waals surface area contributed by atoms with Gasteiger partial charge in [-0.15, -0.1) is 0 Å². The van der Waals surface area contributed by atoms with Crippen LogP contribution in [0.4, 0.5) is 0 Å². The van der Waals surface area contributed by atoms with Crippen LogP contribution in [0.2, 0.25) is 0 Å². The predicted octanol–water partition coefficient (Wildman–Crippen LogP) is 0.866. The highest BCUT2D eigenvalue weighted by molar-refractivity contribution is 5.80. The van der Waals surface area contributed by atoms with Gasteiger partial charge in [0.05, 0.1) is 6.10 Å². The number of allylic oxidation sites excluding steroid dienone is 2. The van der Waals surface area contributed by atoms with Gasteiger partial charge in [-0.05, 0) is 39.8 Å². The molecule has 1 aliphatic carbocycles. The van der Waals surface area contributed by atoms with Gasteiger partial charge in [-0.1, -0.05) is 12.2 Å². The number of nitrogens with zero attached hydrogens (tertiary/aromatic N) is 2. The fourth-order valence-electron chi connectivity index (χ4n) is 3.01. The standard InChI is InChI=1S/C14H24N2O2/c1-15(2)9-12-8-13(17)10-16(12)14(18)11-6-4-3-5-7-11/h3-4,11-13,17H,5-10H2,1-2H3. The second kappa shape index (κ2) is 5.85. The van der Waals surface area contributed by atoms with Crippen molar-refractivity contribution in [3.63, 3.8) is 0 Å². The van der Waals surface area contributed by atoms with Crippen molar-refractivity contribution in [1.82, 2.24) is 9.80 Å². The maximum atomic E-state index is 12.5. The molecule has 1 saturated heterocycles. The highest BCUT2D eigenvalue weighted by Gasteiger charge is 2.37. The normalized spacial score (nSPS) is 32.2. The molecule has 0 bridgehead atoms. The molecule has 3 atom stereocenters. The molecule has 0 aromatic heterocycles. The van der Waals surface area contributed by atoms with Gasteiger partial charge in [0.2, 0.25) is 5.91 Å². The van der Waals surface area contributed by atoms with Crippen LogP contribution in [0.25, 0.3) is 0 Å². The van der Waals surface area contributed by atoms with Gasteiger partial charge in [0.15, 0.2) is 0 Å². The molecule has 1 N–H and O–H groups in total. The number of aliphatic hydroxyl groups excluding tert-OH is 1. The summed E-state index contributed by atoms with van der Waals surface area (Å²) in [5, 5.41) is 9.80. The topological polar surface area (TPSA) is 43.8 Å². The summed E-state index contributed by atoms with van der Waals surface area (Å²) in [7, 11) is 4.02. The largest absolute Gasteiger partial charge is 0.391 e. The molecule has 18 heavy (non-hydrogen) atoms. The Morgan fingerprint density at radius 2 is 2.22 bits per heavy atom. The van der Waals surface area contributed by atoms with Crippen molar-refractivity contribution >= 4 is 5.91 Å². The summed E-state index contributed by atoms with van der Waals surface area (Å²) in [6, 6.07) is 0.174. The predicted molar refractivity (Wildman–Crippen MR) is 71.2 cm³/mol. The maximum absolute atomic E-state index is 12.5. The Balaban J connectivity index is 2.00. The molecule has 0 radical (unpaired) electrons. The van der Waals surface area contributed by atoms with Gasteiger partial charge >= 0.3 is 0 Å². The molecular weight excluding hydrogens is 228 g/mol. The Kier molecular flexibility index (Phi) is 4.40. The molecule has 1 heterocycles. The maximum Gasteiger partial charge on any atom is 0.226 e. The lowest BCUT2D eigenvalue weighted by Crippen LogP contribution is -2.44. The monoisotopic (exact) mass is 252 g/mol. The van der Waals surface area contributed by atoms with Crippen LogP contribution in [0.1, 0.15) is 25.7 Å². The number of β-amino-alcohol motifs (C(OH)–C–C–N with tert-alkyl or cyclic N) is 1. The number of aliphatic hydroxyl groups is 1. The first-order valence-corrected chi connectivity index (χ1v) is 6.86. The van der Waals surface area contributed by atoms with E-state index in [2.05, 4.69) is 17.1 Å². The number of likely N-dealkylation sites (tertiary alicyclic amines) is 1. The zero-order valence-electron chi connectivity index (χ0n) is 11.4. The summed E-state index contributed by atoms with van der Waals surface area (Å²) in [6.07, 6.45) is 7.45. The van der Waals surface area contributed by atoms with Crippen molar-refractivity contribution in [2.45, 2.75) is 37.8 Å². The van der Waals surface area contributed by atoms with Crippen LogP contribution in [-0.2, 0) is 4.79 Å². The van der Waals surface area contributed by atoms with Gasteiger partial charge in [0, 0.05) is 25.0 Å². The van der Waals surface area contributed by atoms with E-state index in [-0.39, 0.29) is 24.0 Å². The summed E-state index contributed by atoms with van der Waals surface area (Å²) < 4.78 is 0. The second-order valence-corrected chi connectivity index (χ2v) is 5.78. The third kappa shape index (κ3) is 3.12. The van der Waals surface area contributed by atoms with E-state index in [0.717, 1.165) is 25.8 Å². The second-order valence-electron chi connectivity index (χ2n) is 5.78. The third-order valence-electron chi connectivity index (χ3n) is 3.87. The van der Waals surface area contributed by atoms with Crippen molar-refractivity contribution in [3.8, 4) is 0 Å². The highest BCUT2D eigenvalue weighted by atomic mass is 16.3. The van der Waals surface area contributed by atoms with E-state index in [9.17, 15) is 9.90 Å². The number of hydrogen-bond donors (Lipinski definition) is 1. The van der Waals surface area contributed by atoms with Gasteiger partial charge in [-0.3, -0.25) is 4.79 Å². The van der Waals surface area contributed by atoms with E-state index < -0.39 is 0 Å². The average Bonchev–Trinajstić information content (AvgIpc) is 2.69. The molecule has 0 aromatic carbocycles. The molecule has 102 valence electrons. The summed E-state index contributed by atoms with van der Waals surface area (Å²) in [6.45, 7) is 1.35. The molecule has 0 aromatic rings. The van der Waals surface area contributed by atoms with Gasteiger partial charge in [0.1, 0.15) is 0 Å². The van der Waals surface area contributed by atoms with Gasteiger partial charge in [-0.2, -0.15) is 0 Å². The molecule has 0 spiro atoms. The number of carbonyl (C=O) groups is 1. The van der Waals surface area contributed by atoms with Crippen LogP contribution in [0.3, 0.4) is 0 Å². The van der Waals surface area contributed by atoms with Crippen molar-refractivity contribution in [3.05, 3.63) is 12.2 Å². The number of amides is 1. The first-order chi connectivity index (χ1) is 8.58. The molecule has 1 amide bonds. The van der Waals surface area contributed by atoms with Crippen LogP contribution in [0.5, 0.6) is 0 Å². The van der Waals surface area contributed by atoms with E-state index in [1.54, 1.807) is 0 Å². The molecule has 4 nitrogen and oxygen atoms in total. The molecule has 3 unspecified atom stereocenters. The Morgan fingerprint density at radius 1 is 1.44 bits per heavy atom. The number of hydrogen-bond acceptors (Lipinski definition) is 3. The Morgan fingerprint density at radius 3 is 2.83 bits per heavy atom. The van der Waals surface area contributed by atoms with Crippen LogP contribution in [0, 0.1) is 5.92 Å². The first kappa shape index (κ1) is 13.6. The minimum absolute atomic E-state index is 0.130. The van der Waals surface area contributed by atoms with Gasteiger partial charge < -0.3 is 14.9 Å². The quantitative estimate of drug-likeness (QED) is 0.758. The minimum Gasteiger partial charge on any atom is -0.391 e. The van der Waals surface area contributed by atoms with Crippen molar-refractivity contribution in [2.75, 3.05) is 27.2 Å². The lowest BCUT2D eigenvalue weighted by atomic mass is 9.93. The molecule has 4 heteroatoms. The highest BCUT2D eigenvalue weighted by Crippen LogP contribution is 2.26. The fourth-order valence-corrected chi connectivity index (χ4v) is 3.01. The SMILES string of the molecule is CN(C)CC1CC(O)CN1C(=O)C1CC=CCC1. The molecule has 1 aliphatic heterocycles. The van der Waals surface area contributed by atoms with E-state index in [1.807, 2.05) is 19.0 Å². The number of carbonyl (C=O) groups excluding carboxylic acids is 1. The number of likely N-dealkylation sites (N-methyl/N-ethyl adjacent to an activating group) is 1. The molecule has 0 saturated carbocycles. The van der Waals surface area contributed by atoms with Crippen molar-refractivity contribution < 1.29 is 9.90 Å². The van der Waals surface area contributed by atoms with Crippen LogP contribution < -0.4 is 0 Å². The molecule has 1 fully saturated rings. The Labute approximate surface area is 109 Å². The molecular formula is C14H24N2O2. The van der Waals surface area contributed by atoms with Crippen molar-refractivity contribution in [2.24, 2.45) is 5.92 Å². The number of rotatable bonds is 3. The fraction of sp³-hybridized carbons (Fsp3) is 0.786. The van der Waals surface area contributed by atoms with E-state index in [1.165, 1.54) is 0 Å². The summed E-state index contributed by atoms with van der Waals surface area (Å²) >= 11 is 0. The lowest BCUT2D eigenvalue weighted by Gasteiger charge is -2.30. The average molecular weight is 252 g/mol. The van der Waals surface area contributed by atoms with Gasteiger partial charge in [-0.25, -0.2) is 0 Å². The summed E-state index contributed by atoms with van der Waals surface area (Å²) in [5.74, 6) is 0.368. The van der Waals surface area contributed by atoms with Crippen LogP contribution >= 0.6 is 0 Å². The van der Waals surface area contributed by atoms with E-state index in [0.29, 0.717) is 13.0 Å². The van der Waals surface area contributed by atoms with Crippen LogP contribution in [-0.4, -0.2) is 60.1 Å². The molecule has 2 rings (SSSR count). The summed E-state index contributed by atoms with van der Waals surface area (Å²) in [5.41, 5.74) is 0. The molecule has 2 aliphatic rings. The van der Waals surface area contributed by atoms with Crippen molar-refractivity contribution in [1.29, 1.82) is 0 Å². The van der Waals surface area contributed by atoms with Crippen LogP contribution in [0.15, 0.2) is 12.2 Å². The minimum atomic E-state index is -0.349. The van der Waals surface area contributed by atoms with Gasteiger partial charge in [0.25, 0.3) is 0 Å². The zero-order valence-corrected chi connectivity index (χ0v) is 11.4. The Hall–Kier alpha value is -0.870. The van der Waals surface area contributed by atoms with E-state index >= 15 is 0 Å². The smallest absolute Gasteiger partial charge is 0.226 e. The third-order valence-corrected chi connectivity index (χ3v) is 3.87.